The zero-order valence-electron chi connectivity index (χ0n) is 6.68. The van der Waals surface area contributed by atoms with Gasteiger partial charge in [-0.25, -0.2) is 0 Å². The van der Waals surface area contributed by atoms with Gasteiger partial charge in [0.2, 0.25) is 0 Å². The molecule has 0 rings (SSSR count). The quantitative estimate of drug-likeness (QED) is 0.644. The first-order valence-electron chi connectivity index (χ1n) is 3.20. The van der Waals surface area contributed by atoms with Crippen molar-refractivity contribution in [3.63, 3.8) is 0 Å². The summed E-state index contributed by atoms with van der Waals surface area (Å²) in [5.41, 5.74) is 4.96. The van der Waals surface area contributed by atoms with Crippen molar-refractivity contribution < 1.29 is 22.7 Å². The monoisotopic (exact) mass is 185 g/mol. The van der Waals surface area contributed by atoms with Gasteiger partial charge >= 0.3 is 12.1 Å². The first kappa shape index (κ1) is 11.2. The summed E-state index contributed by atoms with van der Waals surface area (Å²) in [6.45, 7) is 0.835. The van der Waals surface area contributed by atoms with E-state index < -0.39 is 24.1 Å². The molecule has 0 bridgehead atoms. The van der Waals surface area contributed by atoms with Crippen LogP contribution in [0, 0.1) is 5.92 Å². The highest BCUT2D eigenvalue weighted by atomic mass is 19.4. The van der Waals surface area contributed by atoms with E-state index in [4.69, 9.17) is 5.73 Å². The van der Waals surface area contributed by atoms with Gasteiger partial charge in [0, 0.05) is 0 Å². The Bertz CT molecular complexity index is 169. The number of hydrogen-bond acceptors (Lipinski definition) is 3. The third-order valence-electron chi connectivity index (χ3n) is 1.53. The summed E-state index contributed by atoms with van der Waals surface area (Å²) in [5.74, 6) is -2.94. The summed E-state index contributed by atoms with van der Waals surface area (Å²) in [5, 5.41) is 0. The SMILES string of the molecule is COC(=O)[C@H](N)[C@@H](C)C(F)(F)F. The van der Waals surface area contributed by atoms with E-state index in [1.807, 2.05) is 0 Å². The maximum atomic E-state index is 11.9. The summed E-state index contributed by atoms with van der Waals surface area (Å²) >= 11 is 0. The molecule has 0 amide bonds. The highest BCUT2D eigenvalue weighted by Gasteiger charge is 2.42. The van der Waals surface area contributed by atoms with E-state index >= 15 is 0 Å². The van der Waals surface area contributed by atoms with Crippen molar-refractivity contribution in [2.75, 3.05) is 7.11 Å². The van der Waals surface area contributed by atoms with Crippen LogP contribution in [0.2, 0.25) is 0 Å². The predicted molar refractivity (Wildman–Crippen MR) is 35.2 cm³/mol. The van der Waals surface area contributed by atoms with Crippen LogP contribution in [0.4, 0.5) is 13.2 Å². The van der Waals surface area contributed by atoms with E-state index in [2.05, 4.69) is 4.74 Å². The molecule has 0 aromatic heterocycles. The molecule has 0 unspecified atom stereocenters. The lowest BCUT2D eigenvalue weighted by Gasteiger charge is -2.19. The Morgan fingerprint density at radius 1 is 1.50 bits per heavy atom. The Hall–Kier alpha value is -0.780. The number of esters is 1. The number of nitrogens with two attached hydrogens (primary N) is 1. The van der Waals surface area contributed by atoms with E-state index in [0.717, 1.165) is 14.0 Å². The maximum absolute atomic E-state index is 11.9. The Morgan fingerprint density at radius 3 is 2.17 bits per heavy atom. The van der Waals surface area contributed by atoms with Crippen LogP contribution in [0.5, 0.6) is 0 Å². The maximum Gasteiger partial charge on any atom is 0.393 e. The average Bonchev–Trinajstić information content (AvgIpc) is 1.98. The number of halogens is 3. The van der Waals surface area contributed by atoms with E-state index in [1.54, 1.807) is 0 Å². The molecule has 3 nitrogen and oxygen atoms in total. The molecule has 0 aliphatic rings. The van der Waals surface area contributed by atoms with Crippen LogP contribution >= 0.6 is 0 Å². The molecule has 0 aliphatic carbocycles. The first-order valence-corrected chi connectivity index (χ1v) is 3.20. The van der Waals surface area contributed by atoms with E-state index in [9.17, 15) is 18.0 Å². The predicted octanol–water partition coefficient (Wildman–Crippen LogP) is 0.685. The highest BCUT2D eigenvalue weighted by Crippen LogP contribution is 2.27. The minimum Gasteiger partial charge on any atom is -0.468 e. The molecule has 2 N–H and O–H groups in total. The molecule has 0 saturated carbocycles. The Kier molecular flexibility index (Phi) is 3.51. The molecule has 0 fully saturated rings. The van der Waals surface area contributed by atoms with Crippen LogP contribution in [0.15, 0.2) is 0 Å². The average molecular weight is 185 g/mol. The van der Waals surface area contributed by atoms with Crippen molar-refractivity contribution in [1.29, 1.82) is 0 Å². The molecule has 6 heteroatoms. The fraction of sp³-hybridized carbons (Fsp3) is 0.833. The summed E-state index contributed by atoms with van der Waals surface area (Å²) in [7, 11) is 0.991. The third-order valence-corrected chi connectivity index (χ3v) is 1.53. The van der Waals surface area contributed by atoms with Crippen molar-refractivity contribution in [3.05, 3.63) is 0 Å². The first-order chi connectivity index (χ1) is 5.30. The van der Waals surface area contributed by atoms with E-state index in [1.165, 1.54) is 0 Å². The van der Waals surface area contributed by atoms with Crippen LogP contribution < -0.4 is 5.73 Å². The summed E-state index contributed by atoms with van der Waals surface area (Å²) in [6, 6.07) is -1.64. The Labute approximate surface area is 67.7 Å². The molecule has 0 aromatic carbocycles. The second-order valence-corrected chi connectivity index (χ2v) is 2.38. The minimum absolute atomic E-state index is 0.835. The van der Waals surface area contributed by atoms with Gasteiger partial charge in [0.1, 0.15) is 6.04 Å². The minimum atomic E-state index is -4.46. The summed E-state index contributed by atoms with van der Waals surface area (Å²) in [6.07, 6.45) is -4.46. The lowest BCUT2D eigenvalue weighted by atomic mass is 10.0. The van der Waals surface area contributed by atoms with Crippen molar-refractivity contribution in [3.8, 4) is 0 Å². The molecule has 0 heterocycles. The largest absolute Gasteiger partial charge is 0.468 e. The molecule has 0 aromatic rings. The number of alkyl halides is 3. The fourth-order valence-corrected chi connectivity index (χ4v) is 0.544. The van der Waals surface area contributed by atoms with Crippen LogP contribution in [-0.2, 0) is 9.53 Å². The van der Waals surface area contributed by atoms with E-state index in [0.29, 0.717) is 0 Å². The van der Waals surface area contributed by atoms with Gasteiger partial charge in [-0.05, 0) is 0 Å². The Morgan fingerprint density at radius 2 is 1.92 bits per heavy atom. The number of hydrogen-bond donors (Lipinski definition) is 1. The molecule has 0 saturated heterocycles. The van der Waals surface area contributed by atoms with Gasteiger partial charge in [-0.2, -0.15) is 13.2 Å². The summed E-state index contributed by atoms with van der Waals surface area (Å²) in [4.78, 5) is 10.6. The van der Waals surface area contributed by atoms with Gasteiger partial charge in [-0.15, -0.1) is 0 Å². The number of carbonyl (C=O) groups is 1. The zero-order valence-corrected chi connectivity index (χ0v) is 6.68. The topological polar surface area (TPSA) is 52.3 Å². The fourth-order valence-electron chi connectivity index (χ4n) is 0.544. The second-order valence-electron chi connectivity index (χ2n) is 2.38. The van der Waals surface area contributed by atoms with Crippen molar-refractivity contribution in [2.24, 2.45) is 11.7 Å². The smallest absolute Gasteiger partial charge is 0.393 e. The van der Waals surface area contributed by atoms with Crippen molar-refractivity contribution in [1.82, 2.24) is 0 Å². The van der Waals surface area contributed by atoms with Gasteiger partial charge in [0.25, 0.3) is 0 Å². The number of methoxy groups -OCH3 is 1. The molecular weight excluding hydrogens is 175 g/mol. The standard InChI is InChI=1S/C6H10F3NO2/c1-3(6(7,8)9)4(10)5(11)12-2/h3-4H,10H2,1-2H3/t3-,4-/m1/s1. The van der Waals surface area contributed by atoms with Crippen LogP contribution in [-0.4, -0.2) is 25.3 Å². The zero-order chi connectivity index (χ0) is 9.94. The van der Waals surface area contributed by atoms with Gasteiger partial charge < -0.3 is 10.5 Å². The molecular formula is C6H10F3NO2. The molecule has 2 atom stereocenters. The second kappa shape index (κ2) is 3.75. The number of ether oxygens (including phenoxy) is 1. The highest BCUT2D eigenvalue weighted by molar-refractivity contribution is 5.75. The number of rotatable bonds is 2. The molecule has 0 aliphatic heterocycles. The summed E-state index contributed by atoms with van der Waals surface area (Å²) < 4.78 is 39.8. The van der Waals surface area contributed by atoms with Gasteiger partial charge in [-0.3, -0.25) is 4.79 Å². The van der Waals surface area contributed by atoms with Crippen molar-refractivity contribution >= 4 is 5.97 Å². The van der Waals surface area contributed by atoms with E-state index in [-0.39, 0.29) is 0 Å². The molecule has 0 radical (unpaired) electrons. The van der Waals surface area contributed by atoms with Crippen LogP contribution in [0.25, 0.3) is 0 Å². The van der Waals surface area contributed by atoms with Gasteiger partial charge in [0.05, 0.1) is 13.0 Å². The van der Waals surface area contributed by atoms with Gasteiger partial charge in [0.15, 0.2) is 0 Å². The molecule has 0 spiro atoms. The molecule has 72 valence electrons. The lowest BCUT2D eigenvalue weighted by Crippen LogP contribution is -2.44. The molecule has 12 heavy (non-hydrogen) atoms. The van der Waals surface area contributed by atoms with Crippen LogP contribution in [0.3, 0.4) is 0 Å². The normalized spacial score (nSPS) is 16.8. The lowest BCUT2D eigenvalue weighted by molar-refractivity contribution is -0.183. The Balaban J connectivity index is 4.29. The third kappa shape index (κ3) is 2.69. The number of carbonyl (C=O) groups excluding carboxylic acids is 1. The van der Waals surface area contributed by atoms with Gasteiger partial charge in [-0.1, -0.05) is 6.92 Å². The van der Waals surface area contributed by atoms with Crippen molar-refractivity contribution in [2.45, 2.75) is 19.1 Å². The van der Waals surface area contributed by atoms with Crippen LogP contribution in [0.1, 0.15) is 6.92 Å².